The normalized spacial score (nSPS) is 14.8. The van der Waals surface area contributed by atoms with E-state index in [9.17, 15) is 4.79 Å². The van der Waals surface area contributed by atoms with Crippen molar-refractivity contribution < 1.29 is 19.0 Å². The maximum Gasteiger partial charge on any atom is 0.169 e. The molecule has 0 aliphatic heterocycles. The summed E-state index contributed by atoms with van der Waals surface area (Å²) >= 11 is 0. The Bertz CT molecular complexity index is 449. The molecule has 0 bridgehead atoms. The third-order valence-electron chi connectivity index (χ3n) is 3.45. The van der Waals surface area contributed by atoms with Gasteiger partial charge in [-0.2, -0.15) is 0 Å². The smallest absolute Gasteiger partial charge is 0.169 e. The Balaban J connectivity index is 2.40. The molecule has 98 valence electrons. The van der Waals surface area contributed by atoms with Crippen molar-refractivity contribution in [2.45, 2.75) is 19.3 Å². The van der Waals surface area contributed by atoms with Crippen molar-refractivity contribution in [3.05, 3.63) is 17.7 Å². The summed E-state index contributed by atoms with van der Waals surface area (Å²) in [6, 6.07) is 3.41. The number of Topliss-reactive ketones (excluding diaryl/α,β-unsaturated/α-hetero) is 1. The van der Waals surface area contributed by atoms with Crippen LogP contribution in [0.2, 0.25) is 0 Å². The number of methoxy groups -OCH3 is 3. The number of rotatable bonds is 5. The molecular formula is C14H18O4. The Labute approximate surface area is 107 Å². The molecule has 0 spiro atoms. The predicted octanol–water partition coefficient (Wildman–Crippen LogP) is 2.70. The highest BCUT2D eigenvalue weighted by Gasteiger charge is 2.29. The van der Waals surface area contributed by atoms with Crippen LogP contribution in [0.5, 0.6) is 17.2 Å². The predicted molar refractivity (Wildman–Crippen MR) is 67.8 cm³/mol. The fourth-order valence-corrected chi connectivity index (χ4v) is 2.11. The number of carbonyl (C=O) groups excluding carboxylic acids is 1. The third kappa shape index (κ3) is 2.15. The van der Waals surface area contributed by atoms with E-state index in [2.05, 4.69) is 0 Å². The molecule has 0 heterocycles. The quantitative estimate of drug-likeness (QED) is 0.754. The zero-order chi connectivity index (χ0) is 13.1. The van der Waals surface area contributed by atoms with Crippen LogP contribution in [-0.2, 0) is 0 Å². The Morgan fingerprint density at radius 3 is 2.00 bits per heavy atom. The monoisotopic (exact) mass is 250 g/mol. The van der Waals surface area contributed by atoms with Gasteiger partial charge in [-0.25, -0.2) is 0 Å². The van der Waals surface area contributed by atoms with Gasteiger partial charge in [0.25, 0.3) is 0 Å². The van der Waals surface area contributed by atoms with Gasteiger partial charge in [0, 0.05) is 12.0 Å². The first-order valence-electron chi connectivity index (χ1n) is 6.05. The molecule has 1 aromatic rings. The lowest BCUT2D eigenvalue weighted by molar-refractivity contribution is 0.0851. The molecule has 1 fully saturated rings. The summed E-state index contributed by atoms with van der Waals surface area (Å²) in [5.41, 5.74) is 0.583. The van der Waals surface area contributed by atoms with E-state index in [1.54, 1.807) is 33.5 Å². The first kappa shape index (κ1) is 12.7. The minimum absolute atomic E-state index is 0.136. The van der Waals surface area contributed by atoms with Gasteiger partial charge >= 0.3 is 0 Å². The number of ketones is 1. The maximum absolute atomic E-state index is 12.3. The van der Waals surface area contributed by atoms with Gasteiger partial charge in [-0.1, -0.05) is 6.42 Å². The van der Waals surface area contributed by atoms with E-state index in [1.165, 1.54) is 0 Å². The van der Waals surface area contributed by atoms with Crippen LogP contribution in [0.25, 0.3) is 0 Å². The number of hydrogen-bond donors (Lipinski definition) is 0. The van der Waals surface area contributed by atoms with Crippen molar-refractivity contribution in [1.29, 1.82) is 0 Å². The van der Waals surface area contributed by atoms with E-state index < -0.39 is 0 Å². The van der Waals surface area contributed by atoms with Gasteiger partial charge in [-0.15, -0.1) is 0 Å². The molecule has 0 unspecified atom stereocenters. The maximum atomic E-state index is 12.3. The highest BCUT2D eigenvalue weighted by Crippen LogP contribution is 2.38. The van der Waals surface area contributed by atoms with Gasteiger partial charge in [0.05, 0.1) is 26.9 Å². The van der Waals surface area contributed by atoms with Crippen molar-refractivity contribution >= 4 is 5.78 Å². The van der Waals surface area contributed by atoms with Gasteiger partial charge in [0.2, 0.25) is 0 Å². The molecule has 1 aromatic carbocycles. The van der Waals surface area contributed by atoms with Crippen LogP contribution in [0, 0.1) is 5.92 Å². The molecule has 2 rings (SSSR count). The first-order chi connectivity index (χ1) is 8.71. The second-order valence-corrected chi connectivity index (χ2v) is 4.40. The Hall–Kier alpha value is -1.71. The second-order valence-electron chi connectivity index (χ2n) is 4.40. The van der Waals surface area contributed by atoms with Crippen LogP contribution in [0.4, 0.5) is 0 Å². The minimum atomic E-state index is 0.136. The topological polar surface area (TPSA) is 44.8 Å². The average Bonchev–Trinajstić information content (AvgIpc) is 2.34. The zero-order valence-corrected chi connectivity index (χ0v) is 11.0. The lowest BCUT2D eigenvalue weighted by atomic mass is 9.79. The Morgan fingerprint density at radius 1 is 1.00 bits per heavy atom. The highest BCUT2D eigenvalue weighted by atomic mass is 16.5. The van der Waals surface area contributed by atoms with Crippen LogP contribution in [0.1, 0.15) is 29.6 Å². The van der Waals surface area contributed by atoms with Gasteiger partial charge < -0.3 is 14.2 Å². The van der Waals surface area contributed by atoms with Gasteiger partial charge in [0.15, 0.2) is 17.3 Å². The largest absolute Gasteiger partial charge is 0.496 e. The summed E-state index contributed by atoms with van der Waals surface area (Å²) in [5, 5.41) is 0. The summed E-state index contributed by atoms with van der Waals surface area (Å²) in [6.45, 7) is 0. The summed E-state index contributed by atoms with van der Waals surface area (Å²) in [5.74, 6) is 1.95. The number of carbonyl (C=O) groups is 1. The summed E-state index contributed by atoms with van der Waals surface area (Å²) in [4.78, 5) is 12.3. The summed E-state index contributed by atoms with van der Waals surface area (Å²) in [7, 11) is 4.67. The van der Waals surface area contributed by atoms with Crippen molar-refractivity contribution in [3.63, 3.8) is 0 Å². The van der Waals surface area contributed by atoms with E-state index >= 15 is 0 Å². The van der Waals surface area contributed by atoms with Gasteiger partial charge in [-0.3, -0.25) is 4.79 Å². The standard InChI is InChI=1S/C14H18O4/c1-16-11-8-13(18-3)12(17-2)7-10(11)14(15)9-5-4-6-9/h7-9H,4-6H2,1-3H3. The zero-order valence-electron chi connectivity index (χ0n) is 11.0. The summed E-state index contributed by atoms with van der Waals surface area (Å²) in [6.07, 6.45) is 3.07. The molecular weight excluding hydrogens is 232 g/mol. The molecule has 18 heavy (non-hydrogen) atoms. The van der Waals surface area contributed by atoms with E-state index in [-0.39, 0.29) is 11.7 Å². The molecule has 1 saturated carbocycles. The Kier molecular flexibility index (Phi) is 3.75. The number of benzene rings is 1. The lowest BCUT2D eigenvalue weighted by Crippen LogP contribution is -2.22. The fraction of sp³-hybridized carbons (Fsp3) is 0.500. The molecule has 0 amide bonds. The first-order valence-corrected chi connectivity index (χ1v) is 6.05. The van der Waals surface area contributed by atoms with Crippen LogP contribution >= 0.6 is 0 Å². The second kappa shape index (κ2) is 5.29. The van der Waals surface area contributed by atoms with Crippen molar-refractivity contribution in [1.82, 2.24) is 0 Å². The minimum Gasteiger partial charge on any atom is -0.496 e. The molecule has 4 heteroatoms. The molecule has 0 saturated heterocycles. The lowest BCUT2D eigenvalue weighted by Gasteiger charge is -2.25. The van der Waals surface area contributed by atoms with E-state index in [0.717, 1.165) is 19.3 Å². The highest BCUT2D eigenvalue weighted by molar-refractivity contribution is 6.01. The van der Waals surface area contributed by atoms with Crippen molar-refractivity contribution in [3.8, 4) is 17.2 Å². The van der Waals surface area contributed by atoms with Crippen LogP contribution in [-0.4, -0.2) is 27.1 Å². The molecule has 0 aromatic heterocycles. The molecule has 4 nitrogen and oxygen atoms in total. The van der Waals surface area contributed by atoms with E-state index in [0.29, 0.717) is 22.8 Å². The van der Waals surface area contributed by atoms with E-state index in [1.807, 2.05) is 0 Å². The van der Waals surface area contributed by atoms with Crippen LogP contribution in [0.15, 0.2) is 12.1 Å². The molecule has 0 atom stereocenters. The molecule has 1 aliphatic rings. The van der Waals surface area contributed by atoms with Crippen LogP contribution < -0.4 is 14.2 Å². The van der Waals surface area contributed by atoms with Crippen molar-refractivity contribution in [2.24, 2.45) is 5.92 Å². The average molecular weight is 250 g/mol. The molecule has 0 radical (unpaired) electrons. The van der Waals surface area contributed by atoms with Gasteiger partial charge in [0.1, 0.15) is 5.75 Å². The number of hydrogen-bond acceptors (Lipinski definition) is 4. The van der Waals surface area contributed by atoms with Gasteiger partial charge in [-0.05, 0) is 18.9 Å². The van der Waals surface area contributed by atoms with E-state index in [4.69, 9.17) is 14.2 Å². The van der Waals surface area contributed by atoms with Crippen molar-refractivity contribution in [2.75, 3.05) is 21.3 Å². The fourth-order valence-electron chi connectivity index (χ4n) is 2.11. The third-order valence-corrected chi connectivity index (χ3v) is 3.45. The Morgan fingerprint density at radius 2 is 1.56 bits per heavy atom. The summed E-state index contributed by atoms with van der Waals surface area (Å²) < 4.78 is 15.7. The number of ether oxygens (including phenoxy) is 3. The SMILES string of the molecule is COc1cc(OC)c(C(=O)C2CCC2)cc1OC. The molecule has 1 aliphatic carbocycles. The van der Waals surface area contributed by atoms with Crippen LogP contribution in [0.3, 0.4) is 0 Å². The molecule has 0 N–H and O–H groups in total.